The van der Waals surface area contributed by atoms with Crippen molar-refractivity contribution in [1.82, 2.24) is 5.32 Å². The number of rotatable bonds is 4. The van der Waals surface area contributed by atoms with Crippen molar-refractivity contribution in [2.75, 3.05) is 13.7 Å². The maximum absolute atomic E-state index is 12.5. The van der Waals surface area contributed by atoms with Crippen molar-refractivity contribution in [2.24, 2.45) is 11.0 Å². The number of methoxy groups -OCH3 is 1. The standard InChI is InChI=1S/C14H14Br2N4O3/c1-23-13-9(15)5-7(6-10(13)16)4-8-12(21)11(19-20-17)2-3-18-14(8)22/h5-6,8,11H,2-4H2,1H3,(H,18,22). The number of amides is 1. The summed E-state index contributed by atoms with van der Waals surface area (Å²) in [6.07, 6.45) is 0.546. The molecule has 2 atom stereocenters. The van der Waals surface area contributed by atoms with E-state index in [0.29, 0.717) is 18.7 Å². The van der Waals surface area contributed by atoms with E-state index in [4.69, 9.17) is 10.3 Å². The molecule has 0 aliphatic carbocycles. The number of hydrogen-bond donors (Lipinski definition) is 1. The molecule has 122 valence electrons. The van der Waals surface area contributed by atoms with E-state index in [9.17, 15) is 9.59 Å². The lowest BCUT2D eigenvalue weighted by Gasteiger charge is -2.16. The summed E-state index contributed by atoms with van der Waals surface area (Å²) in [5, 5.41) is 6.21. The van der Waals surface area contributed by atoms with Gasteiger partial charge in [0.15, 0.2) is 5.78 Å². The van der Waals surface area contributed by atoms with Gasteiger partial charge in [0.1, 0.15) is 11.7 Å². The first-order valence-electron chi connectivity index (χ1n) is 6.85. The third-order valence-corrected chi connectivity index (χ3v) is 4.78. The summed E-state index contributed by atoms with van der Waals surface area (Å²) in [5.41, 5.74) is 9.37. The highest BCUT2D eigenvalue weighted by Gasteiger charge is 2.34. The lowest BCUT2D eigenvalue weighted by molar-refractivity contribution is -0.133. The average molecular weight is 446 g/mol. The predicted molar refractivity (Wildman–Crippen MR) is 91.2 cm³/mol. The molecule has 0 aromatic heterocycles. The van der Waals surface area contributed by atoms with Crippen LogP contribution in [0.2, 0.25) is 0 Å². The Bertz CT molecular complexity index is 666. The number of ether oxygens (including phenoxy) is 1. The van der Waals surface area contributed by atoms with Gasteiger partial charge in [0, 0.05) is 11.5 Å². The van der Waals surface area contributed by atoms with Crippen LogP contribution in [-0.2, 0) is 16.0 Å². The van der Waals surface area contributed by atoms with Crippen LogP contribution in [0.15, 0.2) is 26.2 Å². The van der Waals surface area contributed by atoms with E-state index in [1.54, 1.807) is 19.2 Å². The minimum atomic E-state index is -0.875. The van der Waals surface area contributed by atoms with Crippen LogP contribution in [0, 0.1) is 5.92 Å². The van der Waals surface area contributed by atoms with Crippen molar-refractivity contribution in [3.8, 4) is 5.75 Å². The molecule has 9 heteroatoms. The van der Waals surface area contributed by atoms with E-state index < -0.39 is 12.0 Å². The number of carbonyl (C=O) groups is 2. The Morgan fingerprint density at radius 2 is 2.04 bits per heavy atom. The quantitative estimate of drug-likeness (QED) is 0.333. The normalized spacial score (nSPS) is 21.2. The summed E-state index contributed by atoms with van der Waals surface area (Å²) in [4.78, 5) is 27.3. The van der Waals surface area contributed by atoms with Gasteiger partial charge in [0.25, 0.3) is 0 Å². The lowest BCUT2D eigenvalue weighted by atomic mass is 9.91. The van der Waals surface area contributed by atoms with Crippen LogP contribution < -0.4 is 10.1 Å². The van der Waals surface area contributed by atoms with Crippen molar-refractivity contribution in [1.29, 1.82) is 0 Å². The van der Waals surface area contributed by atoms with Crippen LogP contribution in [0.25, 0.3) is 10.4 Å². The number of benzene rings is 1. The molecule has 0 bridgehead atoms. The molecular formula is C14H14Br2N4O3. The van der Waals surface area contributed by atoms with Gasteiger partial charge in [-0.05, 0) is 67.9 Å². The van der Waals surface area contributed by atoms with Crippen molar-refractivity contribution in [2.45, 2.75) is 18.9 Å². The van der Waals surface area contributed by atoms with Crippen LogP contribution in [-0.4, -0.2) is 31.4 Å². The second-order valence-electron chi connectivity index (χ2n) is 5.05. The van der Waals surface area contributed by atoms with Crippen molar-refractivity contribution >= 4 is 43.6 Å². The number of nitrogens with one attached hydrogen (secondary N) is 1. The molecular weight excluding hydrogens is 432 g/mol. The molecule has 1 aromatic rings. The number of ketones is 1. The molecule has 7 nitrogen and oxygen atoms in total. The monoisotopic (exact) mass is 444 g/mol. The largest absolute Gasteiger partial charge is 0.494 e. The molecule has 1 amide bonds. The first-order valence-corrected chi connectivity index (χ1v) is 8.44. The van der Waals surface area contributed by atoms with Gasteiger partial charge in [0.05, 0.1) is 22.1 Å². The summed E-state index contributed by atoms with van der Waals surface area (Å²) in [6.45, 7) is 0.320. The molecule has 23 heavy (non-hydrogen) atoms. The number of azide groups is 1. The van der Waals surface area contributed by atoms with E-state index in [1.165, 1.54) is 0 Å². The summed E-state index contributed by atoms with van der Waals surface area (Å²) in [7, 11) is 1.55. The molecule has 1 aliphatic rings. The first-order chi connectivity index (χ1) is 11.0. The summed E-state index contributed by atoms with van der Waals surface area (Å²) < 4.78 is 6.68. The number of Topliss-reactive ketones (excluding diaryl/α,β-unsaturated/α-hetero) is 1. The van der Waals surface area contributed by atoms with Gasteiger partial charge in [-0.15, -0.1) is 0 Å². The predicted octanol–water partition coefficient (Wildman–Crippen LogP) is 3.15. The fraction of sp³-hybridized carbons (Fsp3) is 0.429. The molecule has 1 aromatic carbocycles. The Hall–Kier alpha value is -1.57. The van der Waals surface area contributed by atoms with Crippen LogP contribution in [0.3, 0.4) is 0 Å². The summed E-state index contributed by atoms with van der Waals surface area (Å²) in [5.74, 6) is -0.924. The third kappa shape index (κ3) is 4.04. The lowest BCUT2D eigenvalue weighted by Crippen LogP contribution is -2.35. The fourth-order valence-corrected chi connectivity index (χ4v) is 4.10. The van der Waals surface area contributed by atoms with Crippen LogP contribution >= 0.6 is 31.9 Å². The van der Waals surface area contributed by atoms with E-state index in [2.05, 4.69) is 47.2 Å². The minimum absolute atomic E-state index is 0.226. The second-order valence-corrected chi connectivity index (χ2v) is 6.76. The minimum Gasteiger partial charge on any atom is -0.494 e. The van der Waals surface area contributed by atoms with Gasteiger partial charge in [-0.3, -0.25) is 9.59 Å². The number of nitrogens with zero attached hydrogens (tertiary/aromatic N) is 3. The SMILES string of the molecule is COc1c(Br)cc(CC2C(=O)NCCC(N=[N+]=[N-])C2=O)cc1Br. The molecule has 1 saturated heterocycles. The van der Waals surface area contributed by atoms with Crippen LogP contribution in [0.1, 0.15) is 12.0 Å². The number of hydrogen-bond acceptors (Lipinski definition) is 4. The topological polar surface area (TPSA) is 104 Å². The highest BCUT2D eigenvalue weighted by molar-refractivity contribution is 9.11. The van der Waals surface area contributed by atoms with E-state index in [0.717, 1.165) is 14.5 Å². The average Bonchev–Trinajstić information content (AvgIpc) is 2.62. The Morgan fingerprint density at radius 1 is 1.39 bits per heavy atom. The molecule has 2 rings (SSSR count). The number of carbonyl (C=O) groups excluding carboxylic acids is 2. The molecule has 0 spiro atoms. The molecule has 1 heterocycles. The summed E-state index contributed by atoms with van der Waals surface area (Å²) in [6, 6.07) is 2.80. The maximum Gasteiger partial charge on any atom is 0.230 e. The zero-order chi connectivity index (χ0) is 17.0. The van der Waals surface area contributed by atoms with Gasteiger partial charge < -0.3 is 10.1 Å². The Labute approximate surface area is 149 Å². The zero-order valence-corrected chi connectivity index (χ0v) is 15.4. The molecule has 0 saturated carbocycles. The molecule has 1 aliphatic heterocycles. The van der Waals surface area contributed by atoms with Gasteiger partial charge in [-0.2, -0.15) is 0 Å². The zero-order valence-electron chi connectivity index (χ0n) is 12.3. The summed E-state index contributed by atoms with van der Waals surface area (Å²) >= 11 is 6.80. The highest BCUT2D eigenvalue weighted by Crippen LogP contribution is 2.35. The van der Waals surface area contributed by atoms with Crippen molar-refractivity contribution in [3.63, 3.8) is 0 Å². The van der Waals surface area contributed by atoms with Crippen molar-refractivity contribution < 1.29 is 14.3 Å². The maximum atomic E-state index is 12.5. The Balaban J connectivity index is 2.30. The number of halogens is 2. The highest BCUT2D eigenvalue weighted by atomic mass is 79.9. The van der Waals surface area contributed by atoms with E-state index >= 15 is 0 Å². The second kappa shape index (κ2) is 7.81. The molecule has 0 radical (unpaired) electrons. The van der Waals surface area contributed by atoms with Gasteiger partial charge in [-0.1, -0.05) is 5.11 Å². The van der Waals surface area contributed by atoms with Gasteiger partial charge >= 0.3 is 0 Å². The van der Waals surface area contributed by atoms with Crippen molar-refractivity contribution in [3.05, 3.63) is 37.1 Å². The van der Waals surface area contributed by atoms with Gasteiger partial charge in [0.2, 0.25) is 5.91 Å². The Morgan fingerprint density at radius 3 is 2.61 bits per heavy atom. The van der Waals surface area contributed by atoms with Crippen LogP contribution in [0.5, 0.6) is 5.75 Å². The third-order valence-electron chi connectivity index (χ3n) is 3.60. The Kier molecular flexibility index (Phi) is 6.04. The molecule has 1 fully saturated rings. The smallest absolute Gasteiger partial charge is 0.230 e. The van der Waals surface area contributed by atoms with E-state index in [-0.39, 0.29) is 18.1 Å². The molecule has 2 unspecified atom stereocenters. The first kappa shape index (κ1) is 17.8. The fourth-order valence-electron chi connectivity index (χ4n) is 2.49. The van der Waals surface area contributed by atoms with Gasteiger partial charge in [-0.25, -0.2) is 0 Å². The molecule has 1 N–H and O–H groups in total. The van der Waals surface area contributed by atoms with Crippen LogP contribution in [0.4, 0.5) is 0 Å². The van der Waals surface area contributed by atoms with E-state index in [1.807, 2.05) is 0 Å².